The predicted octanol–water partition coefficient (Wildman–Crippen LogP) is 1.39. The minimum absolute atomic E-state index is 0.0400. The number of fused-ring (bicyclic) bond motifs is 13. The van der Waals surface area contributed by atoms with Crippen LogP contribution in [0.5, 0.6) is 5.75 Å². The van der Waals surface area contributed by atoms with E-state index in [2.05, 4.69) is 15.3 Å². The second kappa shape index (κ2) is 12.8. The number of sulfonamides is 1. The number of hydrogen-bond donors (Lipinski definition) is 3. The molecule has 1 aromatic heterocycles. The fraction of sp³-hybridized carbons (Fsp3) is 0.320. The Labute approximate surface area is 220 Å². The summed E-state index contributed by atoms with van der Waals surface area (Å²) in [5, 5.41) is 12.2. The molecule has 5 rings (SSSR count). The van der Waals surface area contributed by atoms with Gasteiger partial charge >= 0.3 is 0 Å². The van der Waals surface area contributed by atoms with Crippen LogP contribution in [0.2, 0.25) is 0 Å². The first-order chi connectivity index (χ1) is 18.4. The van der Waals surface area contributed by atoms with Crippen molar-refractivity contribution in [3.63, 3.8) is 0 Å². The minimum Gasteiger partial charge on any atom is -0.489 e. The first kappa shape index (κ1) is 27.4. The smallest absolute Gasteiger partial charge is 0.278 e. The molecule has 1 amide bonds. The van der Waals surface area contributed by atoms with Gasteiger partial charge in [0.05, 0.1) is 55.5 Å². The summed E-state index contributed by atoms with van der Waals surface area (Å²) in [6.45, 7) is 0.814. The lowest BCUT2D eigenvalue weighted by Crippen LogP contribution is -2.36. The molecule has 0 unspecified atom stereocenters. The topological polar surface area (TPSA) is 166 Å². The van der Waals surface area contributed by atoms with E-state index >= 15 is 0 Å². The average Bonchev–Trinajstić information content (AvgIpc) is 2.92. The van der Waals surface area contributed by atoms with E-state index in [9.17, 15) is 18.3 Å². The van der Waals surface area contributed by atoms with Crippen molar-refractivity contribution in [1.82, 2.24) is 14.3 Å². The van der Waals surface area contributed by atoms with Crippen LogP contribution in [0.25, 0.3) is 11.3 Å². The lowest BCUT2D eigenvalue weighted by molar-refractivity contribution is 0.0334. The van der Waals surface area contributed by atoms with Crippen molar-refractivity contribution >= 4 is 27.4 Å². The molecule has 0 spiro atoms. The van der Waals surface area contributed by atoms with Gasteiger partial charge in [-0.15, -0.1) is 0 Å². The first-order valence-corrected chi connectivity index (χ1v) is 13.4. The summed E-state index contributed by atoms with van der Waals surface area (Å²) in [5.74, 6) is -0.192. The first-order valence-electron chi connectivity index (χ1n) is 11.9. The molecule has 0 saturated carbocycles. The van der Waals surface area contributed by atoms with Gasteiger partial charge in [0, 0.05) is 18.7 Å². The average molecular weight is 544 g/mol. The molecule has 0 fully saturated rings. The Morgan fingerprint density at radius 3 is 2.47 bits per heavy atom. The molecule has 4 N–H and O–H groups in total. The van der Waals surface area contributed by atoms with Crippen LogP contribution in [0, 0.1) is 0 Å². The second-order valence-electron chi connectivity index (χ2n) is 8.16. The molecule has 38 heavy (non-hydrogen) atoms. The number of ether oxygens (including phenoxy) is 3. The van der Waals surface area contributed by atoms with Crippen LogP contribution < -0.4 is 15.8 Å². The fourth-order valence-electron chi connectivity index (χ4n) is 3.69. The highest BCUT2D eigenvalue weighted by molar-refractivity contribution is 7.89. The van der Waals surface area contributed by atoms with Crippen LogP contribution in [0.15, 0.2) is 59.6 Å². The summed E-state index contributed by atoms with van der Waals surface area (Å²) in [6.07, 6.45) is 1.40. The van der Waals surface area contributed by atoms with Gasteiger partial charge in [0.15, 0.2) is 11.5 Å². The lowest BCUT2D eigenvalue weighted by Gasteiger charge is -2.21. The highest BCUT2D eigenvalue weighted by atomic mass is 32.2. The third-order valence-corrected chi connectivity index (χ3v) is 7.54. The normalized spacial score (nSPS) is 17.3. The van der Waals surface area contributed by atoms with Gasteiger partial charge in [-0.1, -0.05) is 24.3 Å². The Bertz CT molecular complexity index is 1350. The van der Waals surface area contributed by atoms with Crippen molar-refractivity contribution in [3.05, 3.63) is 60.4 Å². The highest BCUT2D eigenvalue weighted by Crippen LogP contribution is 2.26. The Hall–Kier alpha value is -3.62. The SMILES string of the molecule is Nc1ncc2nc1C(=O)Nc1ccccc1OCCOCCOCCN(CCO)S(=O)(=O)c1ccc-2cc1. The number of carbonyl (C=O) groups is 1. The summed E-state index contributed by atoms with van der Waals surface area (Å²) < 4.78 is 44.3. The third kappa shape index (κ3) is 6.62. The summed E-state index contributed by atoms with van der Waals surface area (Å²) in [4.78, 5) is 21.6. The number of hydrogen-bond acceptors (Lipinski definition) is 10. The van der Waals surface area contributed by atoms with E-state index in [-0.39, 0.29) is 69.1 Å². The number of rotatable bonds is 2. The molecule has 3 heterocycles. The number of nitrogens with one attached hydrogen (secondary N) is 1. The zero-order valence-electron chi connectivity index (χ0n) is 20.6. The zero-order valence-corrected chi connectivity index (χ0v) is 21.4. The molecule has 0 radical (unpaired) electrons. The molecule has 3 aromatic rings. The quantitative estimate of drug-likeness (QED) is 0.402. The van der Waals surface area contributed by atoms with Gasteiger partial charge in [-0.25, -0.2) is 18.4 Å². The van der Waals surface area contributed by atoms with E-state index in [1.807, 2.05) is 0 Å². The summed E-state index contributed by atoms with van der Waals surface area (Å²) in [7, 11) is -3.89. The predicted molar refractivity (Wildman–Crippen MR) is 139 cm³/mol. The maximum atomic E-state index is 13.2. The van der Waals surface area contributed by atoms with Gasteiger partial charge in [-0.3, -0.25) is 4.79 Å². The van der Waals surface area contributed by atoms with Crippen molar-refractivity contribution < 1.29 is 32.5 Å². The van der Waals surface area contributed by atoms with Crippen molar-refractivity contribution in [2.24, 2.45) is 0 Å². The van der Waals surface area contributed by atoms with Crippen LogP contribution in [-0.2, 0) is 19.5 Å². The van der Waals surface area contributed by atoms with Crippen molar-refractivity contribution in [2.45, 2.75) is 4.90 Å². The van der Waals surface area contributed by atoms with Crippen molar-refractivity contribution in [1.29, 1.82) is 0 Å². The van der Waals surface area contributed by atoms with Crippen molar-refractivity contribution in [3.8, 4) is 17.0 Å². The monoisotopic (exact) mass is 543 g/mol. The number of nitrogens with two attached hydrogens (primary N) is 1. The van der Waals surface area contributed by atoms with Gasteiger partial charge in [-0.05, 0) is 24.3 Å². The number of aliphatic hydroxyl groups excluding tert-OH is 1. The molecule has 2 aromatic carbocycles. The Kier molecular flexibility index (Phi) is 9.20. The number of carbonyl (C=O) groups excluding carboxylic acids is 1. The number of amides is 1. The summed E-state index contributed by atoms with van der Waals surface area (Å²) in [5.41, 5.74) is 7.16. The summed E-state index contributed by atoms with van der Waals surface area (Å²) in [6, 6.07) is 12.9. The minimum atomic E-state index is -3.89. The number of para-hydroxylation sites is 2. The van der Waals surface area contributed by atoms with Crippen LogP contribution in [-0.4, -0.2) is 86.4 Å². The second-order valence-corrected chi connectivity index (χ2v) is 10.1. The van der Waals surface area contributed by atoms with E-state index in [1.165, 1.54) is 18.3 Å². The van der Waals surface area contributed by atoms with Gasteiger partial charge in [-0.2, -0.15) is 4.31 Å². The zero-order chi connectivity index (χ0) is 27.0. The van der Waals surface area contributed by atoms with Gasteiger partial charge in [0.2, 0.25) is 10.0 Å². The van der Waals surface area contributed by atoms with E-state index < -0.39 is 15.9 Å². The standard InChI is InChI=1S/C25H29N5O7S/c26-24-23-25(32)29-20-3-1-2-4-22(20)37-16-15-36-14-13-35-12-10-30(9-11-31)38(33,34)19-7-5-18(6-8-19)21(28-23)17-27-24/h1-8,17,31H,9-16H2,(H2,26,27)(H,29,32). The van der Waals surface area contributed by atoms with Gasteiger partial charge in [0.1, 0.15) is 12.4 Å². The Morgan fingerprint density at radius 2 is 1.71 bits per heavy atom. The largest absolute Gasteiger partial charge is 0.489 e. The Morgan fingerprint density at radius 1 is 1.00 bits per heavy atom. The van der Waals surface area contributed by atoms with Crippen LogP contribution in [0.1, 0.15) is 10.5 Å². The van der Waals surface area contributed by atoms with Gasteiger partial charge in [0.25, 0.3) is 5.91 Å². The molecule has 4 bridgehead atoms. The molecule has 202 valence electrons. The van der Waals surface area contributed by atoms with Crippen LogP contribution >= 0.6 is 0 Å². The molecule has 12 nitrogen and oxygen atoms in total. The maximum Gasteiger partial charge on any atom is 0.278 e. The maximum absolute atomic E-state index is 13.2. The molecular formula is C25H29N5O7S. The molecule has 13 heteroatoms. The van der Waals surface area contributed by atoms with Gasteiger partial charge < -0.3 is 30.4 Å². The number of aliphatic hydroxyl groups is 1. The van der Waals surface area contributed by atoms with E-state index in [0.717, 1.165) is 4.31 Å². The molecular weight excluding hydrogens is 514 g/mol. The molecule has 0 saturated heterocycles. The number of nitrogen functional groups attached to an aromatic ring is 1. The number of anilines is 2. The lowest BCUT2D eigenvalue weighted by atomic mass is 10.1. The fourth-order valence-corrected chi connectivity index (χ4v) is 5.11. The van der Waals surface area contributed by atoms with Crippen molar-refractivity contribution in [2.75, 3.05) is 63.8 Å². The number of aromatic nitrogens is 2. The molecule has 2 aliphatic rings. The van der Waals surface area contributed by atoms with Crippen LogP contribution in [0.4, 0.5) is 11.5 Å². The molecule has 2 aliphatic heterocycles. The summed E-state index contributed by atoms with van der Waals surface area (Å²) >= 11 is 0. The number of benzene rings is 2. The third-order valence-electron chi connectivity index (χ3n) is 5.63. The molecule has 0 atom stereocenters. The van der Waals surface area contributed by atoms with E-state index in [4.69, 9.17) is 19.9 Å². The van der Waals surface area contributed by atoms with Crippen LogP contribution in [0.3, 0.4) is 0 Å². The molecule has 0 aliphatic carbocycles. The highest BCUT2D eigenvalue weighted by Gasteiger charge is 2.24. The Balaban J connectivity index is 1.66. The van der Waals surface area contributed by atoms with E-state index in [0.29, 0.717) is 22.7 Å². The van der Waals surface area contributed by atoms with E-state index in [1.54, 1.807) is 36.4 Å². The number of nitrogens with zero attached hydrogens (tertiary/aromatic N) is 3.